The number of hydrogen-bond acceptors (Lipinski definition) is 3. The topological polar surface area (TPSA) is 55.4 Å². The molecule has 17 heavy (non-hydrogen) atoms. The molecule has 0 aromatic rings. The molecule has 0 spiro atoms. The Labute approximate surface area is 110 Å². The zero-order valence-corrected chi connectivity index (χ0v) is 12.3. The third-order valence-corrected chi connectivity index (χ3v) is 4.22. The number of alkyl halides is 1. The average Bonchev–Trinajstić information content (AvgIpc) is 2.27. The Morgan fingerprint density at radius 1 is 1.35 bits per heavy atom. The fraction of sp³-hybridized carbons (Fsp3) is 1.00. The van der Waals surface area contributed by atoms with Gasteiger partial charge in [0.15, 0.2) is 0 Å². The molecule has 4 nitrogen and oxygen atoms in total. The summed E-state index contributed by atoms with van der Waals surface area (Å²) in [6.07, 6.45) is 3.44. The van der Waals surface area contributed by atoms with E-state index in [1.165, 1.54) is 0 Å². The van der Waals surface area contributed by atoms with Crippen molar-refractivity contribution in [3.63, 3.8) is 0 Å². The van der Waals surface area contributed by atoms with E-state index in [-0.39, 0.29) is 5.75 Å². The highest BCUT2D eigenvalue weighted by Crippen LogP contribution is 2.11. The number of sulfonamides is 1. The minimum absolute atomic E-state index is 0.126. The summed E-state index contributed by atoms with van der Waals surface area (Å²) in [5.74, 6) is 1.05. The maximum absolute atomic E-state index is 11.6. The first-order valence-corrected chi connectivity index (χ1v) is 8.26. The summed E-state index contributed by atoms with van der Waals surface area (Å²) in [7, 11) is -1.59. The van der Waals surface area contributed by atoms with Gasteiger partial charge in [0.1, 0.15) is 0 Å². The monoisotopic (exact) mass is 285 g/mol. The summed E-state index contributed by atoms with van der Waals surface area (Å²) in [6, 6.07) is 0. The van der Waals surface area contributed by atoms with Gasteiger partial charge in [-0.25, -0.2) is 13.1 Å². The zero-order chi connectivity index (χ0) is 13.1. The average molecular weight is 286 g/mol. The largest absolute Gasteiger partial charge is 0.385 e. The summed E-state index contributed by atoms with van der Waals surface area (Å²) >= 11 is 5.69. The summed E-state index contributed by atoms with van der Waals surface area (Å²) in [5.41, 5.74) is 0. The van der Waals surface area contributed by atoms with Crippen LogP contribution in [0.1, 0.15) is 32.6 Å². The molecule has 0 bridgehead atoms. The fourth-order valence-corrected chi connectivity index (χ4v) is 3.06. The van der Waals surface area contributed by atoms with E-state index >= 15 is 0 Å². The van der Waals surface area contributed by atoms with Crippen LogP contribution in [-0.4, -0.2) is 40.3 Å². The second-order valence-corrected chi connectivity index (χ2v) is 6.45. The van der Waals surface area contributed by atoms with Gasteiger partial charge in [0, 0.05) is 26.1 Å². The summed E-state index contributed by atoms with van der Waals surface area (Å²) < 4.78 is 30.7. The van der Waals surface area contributed by atoms with Crippen LogP contribution >= 0.6 is 11.6 Å². The van der Waals surface area contributed by atoms with Gasteiger partial charge in [0.05, 0.1) is 5.75 Å². The van der Waals surface area contributed by atoms with Gasteiger partial charge >= 0.3 is 0 Å². The highest BCUT2D eigenvalue weighted by molar-refractivity contribution is 7.89. The van der Waals surface area contributed by atoms with Crippen molar-refractivity contribution in [2.24, 2.45) is 5.92 Å². The molecule has 1 atom stereocenters. The smallest absolute Gasteiger partial charge is 0.211 e. The predicted molar refractivity (Wildman–Crippen MR) is 72.0 cm³/mol. The van der Waals surface area contributed by atoms with Gasteiger partial charge in [-0.05, 0) is 25.2 Å². The van der Waals surface area contributed by atoms with Crippen molar-refractivity contribution < 1.29 is 13.2 Å². The molecule has 1 N–H and O–H groups in total. The molecule has 0 aromatic heterocycles. The van der Waals surface area contributed by atoms with Crippen molar-refractivity contribution in [2.75, 3.05) is 31.9 Å². The molecule has 0 aliphatic rings. The van der Waals surface area contributed by atoms with Crippen molar-refractivity contribution in [3.8, 4) is 0 Å². The standard InChI is InChI=1S/C11H24ClNO3S/c1-3-5-11(6-7-12)10-13-17(14,15)9-4-8-16-2/h11,13H,3-10H2,1-2H3. The van der Waals surface area contributed by atoms with Crippen LogP contribution in [0, 0.1) is 5.92 Å². The Morgan fingerprint density at radius 2 is 2.06 bits per heavy atom. The second-order valence-electron chi connectivity index (χ2n) is 4.15. The van der Waals surface area contributed by atoms with Gasteiger partial charge in [-0.3, -0.25) is 0 Å². The molecule has 0 aliphatic heterocycles. The Bertz CT molecular complexity index is 264. The van der Waals surface area contributed by atoms with Crippen LogP contribution in [-0.2, 0) is 14.8 Å². The van der Waals surface area contributed by atoms with Gasteiger partial charge in [-0.15, -0.1) is 11.6 Å². The summed E-state index contributed by atoms with van der Waals surface area (Å²) in [4.78, 5) is 0. The lowest BCUT2D eigenvalue weighted by molar-refractivity contribution is 0.199. The molecule has 104 valence electrons. The molecule has 1 unspecified atom stereocenters. The van der Waals surface area contributed by atoms with Crippen LogP contribution in [0.25, 0.3) is 0 Å². The quantitative estimate of drug-likeness (QED) is 0.467. The first-order chi connectivity index (χ1) is 8.05. The molecule has 0 aromatic carbocycles. The van der Waals surface area contributed by atoms with Crippen molar-refractivity contribution in [2.45, 2.75) is 32.6 Å². The highest BCUT2D eigenvalue weighted by Gasteiger charge is 2.13. The summed E-state index contributed by atoms with van der Waals surface area (Å²) in [6.45, 7) is 3.06. The molecule has 0 rings (SSSR count). The highest BCUT2D eigenvalue weighted by atomic mass is 35.5. The van der Waals surface area contributed by atoms with E-state index < -0.39 is 10.0 Å². The lowest BCUT2D eigenvalue weighted by Gasteiger charge is -2.15. The van der Waals surface area contributed by atoms with E-state index in [1.54, 1.807) is 7.11 Å². The lowest BCUT2D eigenvalue weighted by Crippen LogP contribution is -2.31. The van der Waals surface area contributed by atoms with Crippen LogP contribution in [0.15, 0.2) is 0 Å². The van der Waals surface area contributed by atoms with Crippen molar-refractivity contribution in [3.05, 3.63) is 0 Å². The fourth-order valence-electron chi connectivity index (χ4n) is 1.62. The van der Waals surface area contributed by atoms with Crippen LogP contribution in [0.3, 0.4) is 0 Å². The minimum Gasteiger partial charge on any atom is -0.385 e. The Balaban J connectivity index is 3.95. The van der Waals surface area contributed by atoms with Crippen LogP contribution in [0.5, 0.6) is 0 Å². The van der Waals surface area contributed by atoms with E-state index in [2.05, 4.69) is 11.6 Å². The molecule has 0 saturated carbocycles. The molecule has 0 heterocycles. The van der Waals surface area contributed by atoms with E-state index in [1.807, 2.05) is 0 Å². The number of ether oxygens (including phenoxy) is 1. The first kappa shape index (κ1) is 17.2. The summed E-state index contributed by atoms with van der Waals surface area (Å²) in [5, 5.41) is 0. The van der Waals surface area contributed by atoms with E-state index in [0.29, 0.717) is 31.4 Å². The molecule has 6 heteroatoms. The maximum atomic E-state index is 11.6. The van der Waals surface area contributed by atoms with Gasteiger partial charge in [0.25, 0.3) is 0 Å². The van der Waals surface area contributed by atoms with E-state index in [9.17, 15) is 8.42 Å². The lowest BCUT2D eigenvalue weighted by atomic mass is 10.0. The van der Waals surface area contributed by atoms with E-state index in [0.717, 1.165) is 19.3 Å². The number of nitrogens with one attached hydrogen (secondary N) is 1. The molecule has 0 aliphatic carbocycles. The van der Waals surface area contributed by atoms with E-state index in [4.69, 9.17) is 16.3 Å². The normalized spacial score (nSPS) is 13.8. The Morgan fingerprint density at radius 3 is 2.59 bits per heavy atom. The molecule has 0 amide bonds. The van der Waals surface area contributed by atoms with Crippen LogP contribution in [0.4, 0.5) is 0 Å². The number of halogens is 1. The molecular formula is C11H24ClNO3S. The zero-order valence-electron chi connectivity index (χ0n) is 10.7. The van der Waals surface area contributed by atoms with Crippen molar-refractivity contribution in [1.29, 1.82) is 0 Å². The SMILES string of the molecule is CCCC(CCCl)CNS(=O)(=O)CCCOC. The van der Waals surface area contributed by atoms with Crippen molar-refractivity contribution >= 4 is 21.6 Å². The first-order valence-electron chi connectivity index (χ1n) is 6.08. The molecule has 0 saturated heterocycles. The second kappa shape index (κ2) is 10.1. The molecule has 0 radical (unpaired) electrons. The predicted octanol–water partition coefficient (Wildman–Crippen LogP) is 1.99. The molecular weight excluding hydrogens is 262 g/mol. The number of hydrogen-bond donors (Lipinski definition) is 1. The Kier molecular flexibility index (Phi) is 10.2. The Hall–Kier alpha value is 0.160. The third kappa shape index (κ3) is 9.83. The number of methoxy groups -OCH3 is 1. The third-order valence-electron chi connectivity index (χ3n) is 2.57. The van der Waals surface area contributed by atoms with Crippen LogP contribution < -0.4 is 4.72 Å². The van der Waals surface area contributed by atoms with Gasteiger partial charge in [-0.2, -0.15) is 0 Å². The van der Waals surface area contributed by atoms with Gasteiger partial charge < -0.3 is 4.74 Å². The van der Waals surface area contributed by atoms with Crippen molar-refractivity contribution in [1.82, 2.24) is 4.72 Å². The van der Waals surface area contributed by atoms with Crippen LogP contribution in [0.2, 0.25) is 0 Å². The van der Waals surface area contributed by atoms with Gasteiger partial charge in [-0.1, -0.05) is 13.3 Å². The minimum atomic E-state index is -3.16. The maximum Gasteiger partial charge on any atom is 0.211 e. The number of rotatable bonds is 11. The van der Waals surface area contributed by atoms with Gasteiger partial charge in [0.2, 0.25) is 10.0 Å². The molecule has 0 fully saturated rings.